The molecule has 0 aliphatic rings. The predicted octanol–water partition coefficient (Wildman–Crippen LogP) is 5.14. The van der Waals surface area contributed by atoms with E-state index in [9.17, 15) is 13.2 Å². The largest absolute Gasteiger partial charge is 0.346 e. The Bertz CT molecular complexity index is 880. The van der Waals surface area contributed by atoms with Gasteiger partial charge in [0.25, 0.3) is 0 Å². The summed E-state index contributed by atoms with van der Waals surface area (Å²) in [4.78, 5) is 1.92. The summed E-state index contributed by atoms with van der Waals surface area (Å²) in [5, 5.41) is 0. The van der Waals surface area contributed by atoms with E-state index in [-0.39, 0.29) is 17.9 Å². The number of hydrogen-bond acceptors (Lipinski definition) is 1. The lowest BCUT2D eigenvalue weighted by Gasteiger charge is -2.22. The standard InChI is InChI=1S/C22H21F3N2/c1-2-12-26(16-20-21(24)6-3-7-22(20)25)15-19-5-4-13-27(19)14-17-8-10-18(23)11-9-17/h2-11,13H,1,12,14-16H2. The average Bonchev–Trinajstić information content (AvgIpc) is 3.07. The van der Waals surface area contributed by atoms with E-state index in [4.69, 9.17) is 0 Å². The molecule has 140 valence electrons. The quantitative estimate of drug-likeness (QED) is 0.498. The molecule has 0 fully saturated rings. The zero-order valence-corrected chi connectivity index (χ0v) is 14.9. The van der Waals surface area contributed by atoms with Crippen LogP contribution in [0.2, 0.25) is 0 Å². The van der Waals surface area contributed by atoms with Crippen molar-refractivity contribution in [1.82, 2.24) is 9.47 Å². The van der Waals surface area contributed by atoms with Crippen LogP contribution in [0, 0.1) is 17.5 Å². The van der Waals surface area contributed by atoms with Gasteiger partial charge in [-0.3, -0.25) is 4.90 Å². The number of rotatable bonds is 8. The molecule has 0 radical (unpaired) electrons. The summed E-state index contributed by atoms with van der Waals surface area (Å²) in [6.45, 7) is 5.49. The molecule has 0 saturated carbocycles. The Balaban J connectivity index is 1.76. The van der Waals surface area contributed by atoms with Crippen LogP contribution in [0.5, 0.6) is 0 Å². The minimum atomic E-state index is -0.550. The van der Waals surface area contributed by atoms with Crippen LogP contribution in [0.4, 0.5) is 13.2 Å². The highest BCUT2D eigenvalue weighted by Crippen LogP contribution is 2.17. The third-order valence-corrected chi connectivity index (χ3v) is 4.41. The monoisotopic (exact) mass is 370 g/mol. The van der Waals surface area contributed by atoms with Crippen molar-refractivity contribution in [2.75, 3.05) is 6.54 Å². The maximum Gasteiger partial charge on any atom is 0.130 e. The second-order valence-electron chi connectivity index (χ2n) is 6.41. The van der Waals surface area contributed by atoms with Gasteiger partial charge in [0.15, 0.2) is 0 Å². The second-order valence-corrected chi connectivity index (χ2v) is 6.41. The molecule has 1 aromatic heterocycles. The first kappa shape index (κ1) is 19.0. The highest BCUT2D eigenvalue weighted by atomic mass is 19.1. The summed E-state index contributed by atoms with van der Waals surface area (Å²) >= 11 is 0. The van der Waals surface area contributed by atoms with Gasteiger partial charge < -0.3 is 4.57 Å². The highest BCUT2D eigenvalue weighted by molar-refractivity contribution is 5.21. The van der Waals surface area contributed by atoms with Crippen molar-refractivity contribution in [3.8, 4) is 0 Å². The van der Waals surface area contributed by atoms with Gasteiger partial charge in [-0.2, -0.15) is 0 Å². The van der Waals surface area contributed by atoms with Crippen LogP contribution in [0.1, 0.15) is 16.8 Å². The Morgan fingerprint density at radius 3 is 2.26 bits per heavy atom. The minimum Gasteiger partial charge on any atom is -0.346 e. The van der Waals surface area contributed by atoms with E-state index in [2.05, 4.69) is 6.58 Å². The maximum absolute atomic E-state index is 14.0. The maximum atomic E-state index is 14.0. The van der Waals surface area contributed by atoms with Crippen LogP contribution in [-0.4, -0.2) is 16.0 Å². The van der Waals surface area contributed by atoms with Gasteiger partial charge in [-0.15, -0.1) is 6.58 Å². The van der Waals surface area contributed by atoms with E-state index in [0.717, 1.165) is 11.3 Å². The minimum absolute atomic E-state index is 0.0518. The SMILES string of the molecule is C=CCN(Cc1c(F)cccc1F)Cc1cccn1Cc1ccc(F)cc1. The van der Waals surface area contributed by atoms with E-state index < -0.39 is 11.6 Å². The molecular formula is C22H21F3N2. The molecule has 0 amide bonds. The molecule has 0 saturated heterocycles. The van der Waals surface area contributed by atoms with Crippen molar-refractivity contribution < 1.29 is 13.2 Å². The Morgan fingerprint density at radius 1 is 0.889 bits per heavy atom. The van der Waals surface area contributed by atoms with Gasteiger partial charge >= 0.3 is 0 Å². The Hall–Kier alpha value is -2.79. The second kappa shape index (κ2) is 8.73. The summed E-state index contributed by atoms with van der Waals surface area (Å²) in [5.41, 5.74) is 2.03. The fourth-order valence-electron chi connectivity index (χ4n) is 3.04. The van der Waals surface area contributed by atoms with Crippen LogP contribution in [-0.2, 0) is 19.6 Å². The van der Waals surface area contributed by atoms with Crippen LogP contribution < -0.4 is 0 Å². The zero-order valence-electron chi connectivity index (χ0n) is 14.9. The molecule has 0 N–H and O–H groups in total. The molecule has 2 aromatic carbocycles. The molecule has 5 heteroatoms. The summed E-state index contributed by atoms with van der Waals surface area (Å²) < 4.78 is 43.1. The van der Waals surface area contributed by atoms with Gasteiger partial charge in [-0.25, -0.2) is 13.2 Å². The molecule has 0 bridgehead atoms. The lowest BCUT2D eigenvalue weighted by Crippen LogP contribution is -2.25. The van der Waals surface area contributed by atoms with E-state index in [0.29, 0.717) is 19.6 Å². The van der Waals surface area contributed by atoms with Crippen LogP contribution >= 0.6 is 0 Å². The summed E-state index contributed by atoms with van der Waals surface area (Å²) in [6.07, 6.45) is 3.65. The first-order valence-electron chi connectivity index (χ1n) is 8.71. The number of halogens is 3. The Labute approximate surface area is 157 Å². The van der Waals surface area contributed by atoms with Crippen molar-refractivity contribution in [2.24, 2.45) is 0 Å². The fourth-order valence-corrected chi connectivity index (χ4v) is 3.04. The van der Waals surface area contributed by atoms with E-state index in [1.165, 1.54) is 30.3 Å². The van der Waals surface area contributed by atoms with Crippen molar-refractivity contribution in [3.05, 3.63) is 108 Å². The van der Waals surface area contributed by atoms with Gasteiger partial charge in [-0.1, -0.05) is 24.3 Å². The van der Waals surface area contributed by atoms with E-state index >= 15 is 0 Å². The van der Waals surface area contributed by atoms with Gasteiger partial charge in [0.2, 0.25) is 0 Å². The van der Waals surface area contributed by atoms with Gasteiger partial charge in [-0.05, 0) is 42.0 Å². The number of benzene rings is 2. The zero-order chi connectivity index (χ0) is 19.2. The average molecular weight is 370 g/mol. The number of hydrogen-bond donors (Lipinski definition) is 0. The molecule has 0 atom stereocenters. The fraction of sp³-hybridized carbons (Fsp3) is 0.182. The molecule has 2 nitrogen and oxygen atoms in total. The van der Waals surface area contributed by atoms with Crippen LogP contribution in [0.3, 0.4) is 0 Å². The number of nitrogens with zero attached hydrogens (tertiary/aromatic N) is 2. The highest BCUT2D eigenvalue weighted by Gasteiger charge is 2.14. The van der Waals surface area contributed by atoms with Gasteiger partial charge in [0.05, 0.1) is 0 Å². The van der Waals surface area contributed by atoms with Crippen LogP contribution in [0.15, 0.2) is 73.4 Å². The van der Waals surface area contributed by atoms with Crippen molar-refractivity contribution >= 4 is 0 Å². The summed E-state index contributed by atoms with van der Waals surface area (Å²) in [7, 11) is 0. The van der Waals surface area contributed by atoms with E-state index in [1.54, 1.807) is 18.2 Å². The van der Waals surface area contributed by atoms with Gasteiger partial charge in [0.1, 0.15) is 17.5 Å². The topological polar surface area (TPSA) is 8.17 Å². The molecule has 0 aliphatic carbocycles. The number of aromatic nitrogens is 1. The molecular weight excluding hydrogens is 349 g/mol. The molecule has 27 heavy (non-hydrogen) atoms. The molecule has 0 spiro atoms. The smallest absolute Gasteiger partial charge is 0.130 e. The summed E-state index contributed by atoms with van der Waals surface area (Å²) in [5.74, 6) is -1.37. The van der Waals surface area contributed by atoms with Crippen LogP contribution in [0.25, 0.3) is 0 Å². The lowest BCUT2D eigenvalue weighted by molar-refractivity contribution is 0.270. The van der Waals surface area contributed by atoms with Crippen molar-refractivity contribution in [1.29, 1.82) is 0 Å². The molecule has 0 aliphatic heterocycles. The lowest BCUT2D eigenvalue weighted by atomic mass is 10.1. The predicted molar refractivity (Wildman–Crippen MR) is 101 cm³/mol. The molecule has 3 rings (SSSR count). The summed E-state index contributed by atoms with van der Waals surface area (Å²) in [6, 6.07) is 14.1. The van der Waals surface area contributed by atoms with Crippen molar-refractivity contribution in [2.45, 2.75) is 19.6 Å². The first-order chi connectivity index (χ1) is 13.1. The Morgan fingerprint density at radius 2 is 1.59 bits per heavy atom. The third kappa shape index (κ3) is 4.89. The Kier molecular flexibility index (Phi) is 6.14. The van der Waals surface area contributed by atoms with E-state index in [1.807, 2.05) is 27.8 Å². The van der Waals surface area contributed by atoms with Crippen molar-refractivity contribution in [3.63, 3.8) is 0 Å². The molecule has 0 unspecified atom stereocenters. The normalized spacial score (nSPS) is 11.1. The molecule has 3 aromatic rings. The molecule has 1 heterocycles. The van der Waals surface area contributed by atoms with Gasteiger partial charge in [0, 0.05) is 43.6 Å². The first-order valence-corrected chi connectivity index (χ1v) is 8.71. The third-order valence-electron chi connectivity index (χ3n) is 4.41.